The Balaban J connectivity index is 2.28. The van der Waals surface area contributed by atoms with Gasteiger partial charge in [0, 0.05) is 12.1 Å². The molecular formula is C17H27NO2. The summed E-state index contributed by atoms with van der Waals surface area (Å²) in [6, 6.07) is 6.57. The monoisotopic (exact) mass is 277 g/mol. The molecule has 0 amide bonds. The lowest BCUT2D eigenvalue weighted by Gasteiger charge is -2.22. The minimum atomic E-state index is 0.383. The van der Waals surface area contributed by atoms with Crippen molar-refractivity contribution < 1.29 is 9.47 Å². The Morgan fingerprint density at radius 1 is 1.20 bits per heavy atom. The van der Waals surface area contributed by atoms with Gasteiger partial charge in [-0.25, -0.2) is 0 Å². The van der Waals surface area contributed by atoms with Gasteiger partial charge in [0.15, 0.2) is 0 Å². The standard InChI is InChI=1S/C17H27NO2/c1-6-7-18-16(15-11-17(15,2)3)12-8-13(19-4)10-14(9-12)20-5/h8-10,15-16,18H,6-7,11H2,1-5H3. The Bertz CT molecular complexity index is 434. The molecule has 1 N–H and O–H groups in total. The van der Waals surface area contributed by atoms with Crippen LogP contribution in [0.15, 0.2) is 18.2 Å². The van der Waals surface area contributed by atoms with Gasteiger partial charge in [0.2, 0.25) is 0 Å². The van der Waals surface area contributed by atoms with Crippen molar-refractivity contribution in [1.82, 2.24) is 5.32 Å². The van der Waals surface area contributed by atoms with Crippen LogP contribution in [0.3, 0.4) is 0 Å². The van der Waals surface area contributed by atoms with Crippen molar-refractivity contribution in [3.63, 3.8) is 0 Å². The van der Waals surface area contributed by atoms with Crippen LogP contribution in [0.5, 0.6) is 11.5 Å². The fourth-order valence-electron chi connectivity index (χ4n) is 2.88. The van der Waals surface area contributed by atoms with E-state index in [2.05, 4.69) is 38.2 Å². The highest BCUT2D eigenvalue weighted by atomic mass is 16.5. The number of rotatable bonds is 7. The lowest BCUT2D eigenvalue weighted by atomic mass is 9.96. The molecule has 1 aliphatic carbocycles. The predicted molar refractivity (Wildman–Crippen MR) is 82.5 cm³/mol. The highest BCUT2D eigenvalue weighted by molar-refractivity contribution is 5.40. The van der Waals surface area contributed by atoms with E-state index in [1.165, 1.54) is 12.0 Å². The first-order valence-corrected chi connectivity index (χ1v) is 7.48. The Morgan fingerprint density at radius 3 is 2.15 bits per heavy atom. The maximum Gasteiger partial charge on any atom is 0.122 e. The SMILES string of the molecule is CCCNC(c1cc(OC)cc(OC)c1)C1CC1(C)C. The molecule has 3 heteroatoms. The van der Waals surface area contributed by atoms with E-state index in [1.54, 1.807) is 14.2 Å². The van der Waals surface area contributed by atoms with Gasteiger partial charge in [-0.1, -0.05) is 20.8 Å². The minimum Gasteiger partial charge on any atom is -0.497 e. The van der Waals surface area contributed by atoms with Gasteiger partial charge >= 0.3 is 0 Å². The van der Waals surface area contributed by atoms with Crippen molar-refractivity contribution >= 4 is 0 Å². The van der Waals surface area contributed by atoms with Crippen LogP contribution in [0.2, 0.25) is 0 Å². The molecule has 1 aromatic carbocycles. The molecule has 0 heterocycles. The second kappa shape index (κ2) is 6.04. The third kappa shape index (κ3) is 3.26. The third-order valence-corrected chi connectivity index (χ3v) is 4.34. The lowest BCUT2D eigenvalue weighted by molar-refractivity contribution is 0.383. The van der Waals surface area contributed by atoms with Gasteiger partial charge < -0.3 is 14.8 Å². The number of hydrogen-bond donors (Lipinski definition) is 1. The molecule has 20 heavy (non-hydrogen) atoms. The van der Waals surface area contributed by atoms with E-state index in [9.17, 15) is 0 Å². The molecule has 0 aliphatic heterocycles. The van der Waals surface area contributed by atoms with Crippen LogP contribution in [0.1, 0.15) is 45.2 Å². The van der Waals surface area contributed by atoms with Gasteiger partial charge in [-0.05, 0) is 48.4 Å². The molecule has 2 unspecified atom stereocenters. The number of nitrogens with one attached hydrogen (secondary N) is 1. The molecule has 0 saturated heterocycles. The van der Waals surface area contributed by atoms with Gasteiger partial charge in [-0.2, -0.15) is 0 Å². The van der Waals surface area contributed by atoms with E-state index in [-0.39, 0.29) is 0 Å². The highest BCUT2D eigenvalue weighted by Crippen LogP contribution is 2.58. The zero-order valence-electron chi connectivity index (χ0n) is 13.3. The number of ether oxygens (including phenoxy) is 2. The molecule has 112 valence electrons. The molecule has 0 aromatic heterocycles. The molecule has 1 fully saturated rings. The molecule has 3 nitrogen and oxygen atoms in total. The summed E-state index contributed by atoms with van der Waals surface area (Å²) < 4.78 is 10.8. The predicted octanol–water partition coefficient (Wildman–Crippen LogP) is 3.79. The molecule has 1 aliphatic rings. The van der Waals surface area contributed by atoms with Crippen LogP contribution in [0.25, 0.3) is 0 Å². The van der Waals surface area contributed by atoms with E-state index < -0.39 is 0 Å². The first-order valence-electron chi connectivity index (χ1n) is 7.48. The summed E-state index contributed by atoms with van der Waals surface area (Å²) in [4.78, 5) is 0. The molecule has 0 bridgehead atoms. The molecule has 0 radical (unpaired) electrons. The first-order chi connectivity index (χ1) is 9.51. The van der Waals surface area contributed by atoms with Crippen LogP contribution >= 0.6 is 0 Å². The van der Waals surface area contributed by atoms with E-state index in [0.717, 1.165) is 24.5 Å². The summed E-state index contributed by atoms with van der Waals surface area (Å²) in [5, 5.41) is 3.69. The van der Waals surface area contributed by atoms with Crippen LogP contribution in [0, 0.1) is 11.3 Å². The highest BCUT2D eigenvalue weighted by Gasteiger charge is 2.50. The van der Waals surface area contributed by atoms with Crippen molar-refractivity contribution in [2.45, 2.75) is 39.7 Å². The van der Waals surface area contributed by atoms with Crippen molar-refractivity contribution in [1.29, 1.82) is 0 Å². The summed E-state index contributed by atoms with van der Waals surface area (Å²) in [6.07, 6.45) is 2.42. The van der Waals surface area contributed by atoms with Crippen LogP contribution in [-0.2, 0) is 0 Å². The maximum atomic E-state index is 5.40. The van der Waals surface area contributed by atoms with Crippen LogP contribution in [0.4, 0.5) is 0 Å². The van der Waals surface area contributed by atoms with Gasteiger partial charge in [-0.15, -0.1) is 0 Å². The molecular weight excluding hydrogens is 250 g/mol. The van der Waals surface area contributed by atoms with Gasteiger partial charge in [0.1, 0.15) is 11.5 Å². The fraction of sp³-hybridized carbons (Fsp3) is 0.647. The Labute approximate surface area is 122 Å². The Hall–Kier alpha value is -1.22. The molecule has 2 atom stereocenters. The first kappa shape index (κ1) is 15.2. The van der Waals surface area contributed by atoms with Gasteiger partial charge in [0.25, 0.3) is 0 Å². The molecule has 1 saturated carbocycles. The fourth-order valence-corrected chi connectivity index (χ4v) is 2.88. The topological polar surface area (TPSA) is 30.5 Å². The van der Waals surface area contributed by atoms with E-state index in [0.29, 0.717) is 17.4 Å². The summed E-state index contributed by atoms with van der Waals surface area (Å²) in [7, 11) is 3.40. The average molecular weight is 277 g/mol. The van der Waals surface area contributed by atoms with E-state index in [4.69, 9.17) is 9.47 Å². The van der Waals surface area contributed by atoms with Crippen molar-refractivity contribution in [3.05, 3.63) is 23.8 Å². The van der Waals surface area contributed by atoms with Gasteiger partial charge in [-0.3, -0.25) is 0 Å². The van der Waals surface area contributed by atoms with Crippen molar-refractivity contribution in [2.24, 2.45) is 11.3 Å². The number of methoxy groups -OCH3 is 2. The third-order valence-electron chi connectivity index (χ3n) is 4.34. The van der Waals surface area contributed by atoms with E-state index in [1.807, 2.05) is 6.07 Å². The van der Waals surface area contributed by atoms with E-state index >= 15 is 0 Å². The zero-order valence-corrected chi connectivity index (χ0v) is 13.3. The molecule has 2 rings (SSSR count). The minimum absolute atomic E-state index is 0.383. The number of benzene rings is 1. The van der Waals surface area contributed by atoms with Gasteiger partial charge in [0.05, 0.1) is 14.2 Å². The summed E-state index contributed by atoms with van der Waals surface area (Å²) in [6.45, 7) is 7.93. The second-order valence-electron chi connectivity index (χ2n) is 6.38. The molecule has 1 aromatic rings. The number of hydrogen-bond acceptors (Lipinski definition) is 3. The summed E-state index contributed by atoms with van der Waals surface area (Å²) >= 11 is 0. The maximum absolute atomic E-state index is 5.40. The second-order valence-corrected chi connectivity index (χ2v) is 6.38. The molecule has 0 spiro atoms. The van der Waals surface area contributed by atoms with Crippen molar-refractivity contribution in [2.75, 3.05) is 20.8 Å². The smallest absolute Gasteiger partial charge is 0.122 e. The summed E-state index contributed by atoms with van der Waals surface area (Å²) in [5.41, 5.74) is 1.70. The average Bonchev–Trinajstić information content (AvgIpc) is 3.07. The van der Waals surface area contributed by atoms with Crippen LogP contribution in [-0.4, -0.2) is 20.8 Å². The lowest BCUT2D eigenvalue weighted by Crippen LogP contribution is -2.25. The Morgan fingerprint density at radius 2 is 1.75 bits per heavy atom. The largest absolute Gasteiger partial charge is 0.497 e. The summed E-state index contributed by atoms with van der Waals surface area (Å²) in [5.74, 6) is 2.41. The quantitative estimate of drug-likeness (QED) is 0.822. The van der Waals surface area contributed by atoms with Crippen LogP contribution < -0.4 is 14.8 Å². The zero-order chi connectivity index (χ0) is 14.8. The normalized spacial score (nSPS) is 21.4. The Kier molecular flexibility index (Phi) is 4.59. The van der Waals surface area contributed by atoms with Crippen molar-refractivity contribution in [3.8, 4) is 11.5 Å².